The first-order valence-corrected chi connectivity index (χ1v) is 7.46. The van der Waals surface area contributed by atoms with E-state index in [0.29, 0.717) is 6.04 Å². The largest absolute Gasteiger partial charge is 0.314 e. The fraction of sp³-hybridized carbons (Fsp3) is 1.00. The Morgan fingerprint density at radius 3 is 2.61 bits per heavy atom. The highest BCUT2D eigenvalue weighted by molar-refractivity contribution is 4.88. The first-order chi connectivity index (χ1) is 8.58. The molecule has 2 aliphatic rings. The summed E-state index contributed by atoms with van der Waals surface area (Å²) < 4.78 is 0. The normalized spacial score (nSPS) is 28.5. The molecule has 18 heavy (non-hydrogen) atoms. The van der Waals surface area contributed by atoms with E-state index in [0.717, 1.165) is 19.6 Å². The van der Waals surface area contributed by atoms with Crippen LogP contribution in [0.5, 0.6) is 0 Å². The molecule has 2 aliphatic heterocycles. The van der Waals surface area contributed by atoms with Crippen molar-refractivity contribution in [3.8, 4) is 0 Å². The standard InChI is InChI=1S/C14H30N4/c1-14(2,18-9-6-15-7-10-18)12-16-13-5-4-8-17(3)11-13/h13,15-16H,4-12H2,1-3H3. The van der Waals surface area contributed by atoms with E-state index in [1.807, 2.05) is 0 Å². The summed E-state index contributed by atoms with van der Waals surface area (Å²) in [5.41, 5.74) is 0.276. The molecule has 0 saturated carbocycles. The number of rotatable bonds is 4. The molecule has 4 nitrogen and oxygen atoms in total. The Morgan fingerprint density at radius 2 is 1.94 bits per heavy atom. The van der Waals surface area contributed by atoms with Crippen LogP contribution in [0.1, 0.15) is 26.7 Å². The first-order valence-electron chi connectivity index (χ1n) is 7.46. The lowest BCUT2D eigenvalue weighted by molar-refractivity contribution is 0.0946. The van der Waals surface area contributed by atoms with Crippen molar-refractivity contribution in [1.29, 1.82) is 0 Å². The third-order valence-electron chi connectivity index (χ3n) is 4.42. The van der Waals surface area contributed by atoms with Crippen molar-refractivity contribution >= 4 is 0 Å². The lowest BCUT2D eigenvalue weighted by Gasteiger charge is -2.42. The van der Waals surface area contributed by atoms with Gasteiger partial charge in [-0.2, -0.15) is 0 Å². The number of piperazine rings is 1. The summed E-state index contributed by atoms with van der Waals surface area (Å²) in [6.07, 6.45) is 2.67. The molecule has 0 bridgehead atoms. The molecular weight excluding hydrogens is 224 g/mol. The van der Waals surface area contributed by atoms with E-state index in [-0.39, 0.29) is 5.54 Å². The molecule has 0 aliphatic carbocycles. The Kier molecular flexibility index (Phi) is 5.01. The molecule has 0 aromatic rings. The van der Waals surface area contributed by atoms with Gasteiger partial charge < -0.3 is 15.5 Å². The number of likely N-dealkylation sites (tertiary alicyclic amines) is 1. The average molecular weight is 254 g/mol. The lowest BCUT2D eigenvalue weighted by Crippen LogP contribution is -2.59. The minimum Gasteiger partial charge on any atom is -0.314 e. The van der Waals surface area contributed by atoms with Crippen molar-refractivity contribution in [2.75, 3.05) is 52.9 Å². The monoisotopic (exact) mass is 254 g/mol. The minimum atomic E-state index is 0.276. The Hall–Kier alpha value is -0.160. The van der Waals surface area contributed by atoms with Crippen molar-refractivity contribution in [2.24, 2.45) is 0 Å². The molecule has 106 valence electrons. The predicted molar refractivity (Wildman–Crippen MR) is 77.0 cm³/mol. The van der Waals surface area contributed by atoms with Gasteiger partial charge in [0.2, 0.25) is 0 Å². The number of nitrogens with one attached hydrogen (secondary N) is 2. The van der Waals surface area contributed by atoms with E-state index in [1.165, 1.54) is 39.0 Å². The Morgan fingerprint density at radius 1 is 1.22 bits per heavy atom. The number of hydrogen-bond acceptors (Lipinski definition) is 4. The van der Waals surface area contributed by atoms with Gasteiger partial charge in [0, 0.05) is 50.8 Å². The van der Waals surface area contributed by atoms with Crippen LogP contribution >= 0.6 is 0 Å². The van der Waals surface area contributed by atoms with Crippen LogP contribution in [0.3, 0.4) is 0 Å². The first kappa shape index (κ1) is 14.3. The highest BCUT2D eigenvalue weighted by atomic mass is 15.3. The van der Waals surface area contributed by atoms with Crippen molar-refractivity contribution in [1.82, 2.24) is 20.4 Å². The average Bonchev–Trinajstić information content (AvgIpc) is 2.38. The predicted octanol–water partition coefficient (Wildman–Crippen LogP) is 0.354. The van der Waals surface area contributed by atoms with Crippen LogP contribution < -0.4 is 10.6 Å². The molecule has 1 unspecified atom stereocenters. The van der Waals surface area contributed by atoms with Crippen LogP contribution in [-0.2, 0) is 0 Å². The summed E-state index contributed by atoms with van der Waals surface area (Å²) in [5.74, 6) is 0. The minimum absolute atomic E-state index is 0.276. The molecule has 0 radical (unpaired) electrons. The van der Waals surface area contributed by atoms with Gasteiger partial charge in [0.15, 0.2) is 0 Å². The molecule has 2 saturated heterocycles. The summed E-state index contributed by atoms with van der Waals surface area (Å²) in [7, 11) is 2.23. The van der Waals surface area contributed by atoms with Gasteiger partial charge in [-0.15, -0.1) is 0 Å². The SMILES string of the molecule is CN1CCCC(NCC(C)(C)N2CCNCC2)C1. The second kappa shape index (κ2) is 6.33. The van der Waals surface area contributed by atoms with Gasteiger partial charge in [0.05, 0.1) is 0 Å². The van der Waals surface area contributed by atoms with E-state index in [2.05, 4.69) is 41.3 Å². The van der Waals surface area contributed by atoms with Gasteiger partial charge in [0.25, 0.3) is 0 Å². The van der Waals surface area contributed by atoms with E-state index in [1.54, 1.807) is 0 Å². The fourth-order valence-corrected chi connectivity index (χ4v) is 3.11. The van der Waals surface area contributed by atoms with Crippen LogP contribution in [0.25, 0.3) is 0 Å². The topological polar surface area (TPSA) is 30.5 Å². The summed E-state index contributed by atoms with van der Waals surface area (Å²) >= 11 is 0. The molecule has 0 aromatic carbocycles. The number of likely N-dealkylation sites (N-methyl/N-ethyl adjacent to an activating group) is 1. The molecule has 1 atom stereocenters. The van der Waals surface area contributed by atoms with Gasteiger partial charge in [-0.1, -0.05) is 0 Å². The van der Waals surface area contributed by atoms with E-state index in [4.69, 9.17) is 0 Å². The maximum atomic E-state index is 3.79. The zero-order valence-electron chi connectivity index (χ0n) is 12.3. The smallest absolute Gasteiger partial charge is 0.0278 e. The maximum absolute atomic E-state index is 3.79. The molecule has 0 amide bonds. The second-order valence-corrected chi connectivity index (χ2v) is 6.53. The Labute approximate surface area is 112 Å². The molecule has 2 rings (SSSR count). The highest BCUT2D eigenvalue weighted by Crippen LogP contribution is 2.15. The summed E-state index contributed by atoms with van der Waals surface area (Å²) in [6, 6.07) is 0.686. The van der Waals surface area contributed by atoms with E-state index < -0.39 is 0 Å². The third-order valence-corrected chi connectivity index (χ3v) is 4.42. The van der Waals surface area contributed by atoms with Gasteiger partial charge >= 0.3 is 0 Å². The quantitative estimate of drug-likeness (QED) is 0.758. The van der Waals surface area contributed by atoms with Gasteiger partial charge in [-0.3, -0.25) is 4.90 Å². The van der Waals surface area contributed by atoms with Gasteiger partial charge in [0.1, 0.15) is 0 Å². The van der Waals surface area contributed by atoms with Crippen LogP contribution in [0.15, 0.2) is 0 Å². The van der Waals surface area contributed by atoms with Gasteiger partial charge in [-0.25, -0.2) is 0 Å². The van der Waals surface area contributed by atoms with Crippen LogP contribution in [-0.4, -0.2) is 74.2 Å². The number of hydrogen-bond donors (Lipinski definition) is 2. The second-order valence-electron chi connectivity index (χ2n) is 6.53. The molecule has 2 fully saturated rings. The van der Waals surface area contributed by atoms with E-state index in [9.17, 15) is 0 Å². The molecule has 0 aromatic heterocycles. The molecule has 2 heterocycles. The lowest BCUT2D eigenvalue weighted by atomic mass is 9.99. The highest BCUT2D eigenvalue weighted by Gasteiger charge is 2.28. The number of piperidine rings is 1. The maximum Gasteiger partial charge on any atom is 0.0278 e. The zero-order chi connectivity index (χ0) is 13.0. The Bertz CT molecular complexity index is 248. The molecule has 2 N–H and O–H groups in total. The summed E-state index contributed by atoms with van der Waals surface area (Å²) in [4.78, 5) is 5.06. The summed E-state index contributed by atoms with van der Waals surface area (Å²) in [6.45, 7) is 12.9. The van der Waals surface area contributed by atoms with Crippen LogP contribution in [0, 0.1) is 0 Å². The summed E-state index contributed by atoms with van der Waals surface area (Å²) in [5, 5.41) is 7.22. The zero-order valence-corrected chi connectivity index (χ0v) is 12.3. The van der Waals surface area contributed by atoms with E-state index >= 15 is 0 Å². The number of nitrogens with zero attached hydrogens (tertiary/aromatic N) is 2. The molecule has 0 spiro atoms. The van der Waals surface area contributed by atoms with Crippen molar-refractivity contribution < 1.29 is 0 Å². The van der Waals surface area contributed by atoms with Gasteiger partial charge in [-0.05, 0) is 40.3 Å². The molecular formula is C14H30N4. The van der Waals surface area contributed by atoms with Crippen LogP contribution in [0.4, 0.5) is 0 Å². The van der Waals surface area contributed by atoms with Crippen molar-refractivity contribution in [3.63, 3.8) is 0 Å². The fourth-order valence-electron chi connectivity index (χ4n) is 3.11. The van der Waals surface area contributed by atoms with Crippen LogP contribution in [0.2, 0.25) is 0 Å². The third kappa shape index (κ3) is 3.92. The van der Waals surface area contributed by atoms with Crippen molar-refractivity contribution in [3.05, 3.63) is 0 Å². The Balaban J connectivity index is 1.76. The molecule has 4 heteroatoms. The van der Waals surface area contributed by atoms with Crippen molar-refractivity contribution in [2.45, 2.75) is 38.3 Å².